The van der Waals surface area contributed by atoms with Gasteiger partial charge in [0.2, 0.25) is 0 Å². The molecule has 0 unspecified atom stereocenters. The molecule has 4 nitrogen and oxygen atoms in total. The second kappa shape index (κ2) is 10.3. The van der Waals surface area contributed by atoms with Crippen LogP contribution in [0.5, 0.6) is 11.5 Å². The maximum atomic E-state index is 10.6. The van der Waals surface area contributed by atoms with Gasteiger partial charge in [0.1, 0.15) is 18.1 Å². The Bertz CT molecular complexity index is 811. The van der Waals surface area contributed by atoms with Crippen LogP contribution < -0.4 is 9.47 Å². The number of aliphatic carboxylic acids is 1. The van der Waals surface area contributed by atoms with Crippen molar-refractivity contribution in [2.75, 3.05) is 19.0 Å². The fraction of sp³-hybridized carbons (Fsp3) is 0.286. The normalized spacial score (nSPS) is 10.4. The zero-order chi connectivity index (χ0) is 19.8. The summed E-state index contributed by atoms with van der Waals surface area (Å²) in [6.45, 7) is 6.25. The summed E-state index contributed by atoms with van der Waals surface area (Å²) in [6.07, 6.45) is 0. The minimum absolute atomic E-state index is 0.336. The van der Waals surface area contributed by atoms with E-state index in [0.717, 1.165) is 22.0 Å². The smallest absolute Gasteiger partial charge is 0.341 e. The first-order valence-electron chi connectivity index (χ1n) is 8.47. The molecule has 2 aromatic rings. The number of carboxylic acids is 1. The third kappa shape index (κ3) is 7.19. The van der Waals surface area contributed by atoms with Crippen molar-refractivity contribution in [1.82, 2.24) is 0 Å². The van der Waals surface area contributed by atoms with Crippen molar-refractivity contribution in [2.24, 2.45) is 0 Å². The number of halogens is 1. The maximum absolute atomic E-state index is 10.6. The van der Waals surface area contributed by atoms with Crippen LogP contribution in [-0.2, 0) is 4.79 Å². The first-order chi connectivity index (χ1) is 12.8. The summed E-state index contributed by atoms with van der Waals surface area (Å²) < 4.78 is 11.1. The van der Waals surface area contributed by atoms with Gasteiger partial charge >= 0.3 is 5.97 Å². The van der Waals surface area contributed by atoms with Crippen LogP contribution in [0.4, 0.5) is 0 Å². The number of ether oxygens (including phenoxy) is 2. The standard InChI is InChI=1S/C21H23ClO4S/c1-14(2)16(11-25-18-6-4-17(22)5-7-18)13-27-19-8-9-20(15(3)10-19)26-12-21(23)24/h4-10H,11-13H2,1-3H3,(H,23,24). The van der Waals surface area contributed by atoms with E-state index in [9.17, 15) is 4.79 Å². The Kier molecular flexibility index (Phi) is 8.07. The molecule has 2 aromatic carbocycles. The molecule has 27 heavy (non-hydrogen) atoms. The van der Waals surface area contributed by atoms with Crippen molar-refractivity contribution >= 4 is 29.3 Å². The first kappa shape index (κ1) is 21.2. The van der Waals surface area contributed by atoms with E-state index in [1.54, 1.807) is 11.8 Å². The van der Waals surface area contributed by atoms with Gasteiger partial charge in [-0.3, -0.25) is 0 Å². The Labute approximate surface area is 169 Å². The first-order valence-corrected chi connectivity index (χ1v) is 9.83. The number of allylic oxidation sites excluding steroid dienone is 1. The number of hydrogen-bond donors (Lipinski definition) is 1. The van der Waals surface area contributed by atoms with Gasteiger partial charge in [0, 0.05) is 15.7 Å². The Balaban J connectivity index is 1.93. The second-order valence-corrected chi connectivity index (χ2v) is 7.73. The van der Waals surface area contributed by atoms with Crippen LogP contribution in [0, 0.1) is 6.92 Å². The molecule has 0 heterocycles. The Morgan fingerprint density at radius 3 is 2.37 bits per heavy atom. The van der Waals surface area contributed by atoms with Crippen LogP contribution in [0.25, 0.3) is 0 Å². The molecule has 0 aliphatic rings. The van der Waals surface area contributed by atoms with E-state index >= 15 is 0 Å². The van der Waals surface area contributed by atoms with E-state index < -0.39 is 5.97 Å². The van der Waals surface area contributed by atoms with Crippen LogP contribution in [-0.4, -0.2) is 30.0 Å². The quantitative estimate of drug-likeness (QED) is 0.432. The molecule has 0 aliphatic heterocycles. The highest BCUT2D eigenvalue weighted by molar-refractivity contribution is 7.99. The lowest BCUT2D eigenvalue weighted by molar-refractivity contribution is -0.139. The lowest BCUT2D eigenvalue weighted by Gasteiger charge is -2.13. The molecule has 0 amide bonds. The molecule has 0 atom stereocenters. The van der Waals surface area contributed by atoms with E-state index in [-0.39, 0.29) is 6.61 Å². The van der Waals surface area contributed by atoms with E-state index in [2.05, 4.69) is 13.8 Å². The van der Waals surface area contributed by atoms with Crippen molar-refractivity contribution in [3.05, 3.63) is 64.2 Å². The van der Waals surface area contributed by atoms with Crippen molar-refractivity contribution in [2.45, 2.75) is 25.7 Å². The monoisotopic (exact) mass is 406 g/mol. The molecule has 1 N–H and O–H groups in total. The van der Waals surface area contributed by atoms with E-state index in [0.29, 0.717) is 17.4 Å². The maximum Gasteiger partial charge on any atom is 0.341 e. The van der Waals surface area contributed by atoms with Gasteiger partial charge in [0.15, 0.2) is 6.61 Å². The van der Waals surface area contributed by atoms with Crippen LogP contribution in [0.2, 0.25) is 5.02 Å². The lowest BCUT2D eigenvalue weighted by Crippen LogP contribution is -2.10. The highest BCUT2D eigenvalue weighted by Crippen LogP contribution is 2.28. The third-order valence-electron chi connectivity index (χ3n) is 3.84. The van der Waals surface area contributed by atoms with E-state index in [1.165, 1.54) is 11.1 Å². The average Bonchev–Trinajstić information content (AvgIpc) is 2.62. The fourth-order valence-electron chi connectivity index (χ4n) is 2.22. The summed E-state index contributed by atoms with van der Waals surface area (Å²) in [5.74, 6) is 1.21. The molecule has 0 spiro atoms. The van der Waals surface area contributed by atoms with Crippen LogP contribution in [0.3, 0.4) is 0 Å². The van der Waals surface area contributed by atoms with Crippen molar-refractivity contribution in [1.29, 1.82) is 0 Å². The zero-order valence-corrected chi connectivity index (χ0v) is 17.2. The molecule has 144 valence electrons. The molecule has 2 rings (SSSR count). The minimum atomic E-state index is -0.985. The summed E-state index contributed by atoms with van der Waals surface area (Å²) >= 11 is 7.61. The number of rotatable bonds is 9. The molecule has 0 saturated carbocycles. The van der Waals surface area contributed by atoms with Gasteiger partial charge in [-0.25, -0.2) is 4.79 Å². The Hall–Kier alpha value is -2.11. The van der Waals surface area contributed by atoms with Gasteiger partial charge in [-0.2, -0.15) is 0 Å². The summed E-state index contributed by atoms with van der Waals surface area (Å²) in [7, 11) is 0. The van der Waals surface area contributed by atoms with Crippen molar-refractivity contribution in [3.8, 4) is 11.5 Å². The molecule has 0 aromatic heterocycles. The van der Waals surface area contributed by atoms with Gasteiger partial charge in [-0.05, 0) is 74.4 Å². The lowest BCUT2D eigenvalue weighted by atomic mass is 10.2. The van der Waals surface area contributed by atoms with Gasteiger partial charge < -0.3 is 14.6 Å². The number of aryl methyl sites for hydroxylation is 1. The molecule has 0 aliphatic carbocycles. The van der Waals surface area contributed by atoms with Gasteiger partial charge in [0.25, 0.3) is 0 Å². The van der Waals surface area contributed by atoms with Crippen LogP contribution >= 0.6 is 23.4 Å². The van der Waals surface area contributed by atoms with Crippen LogP contribution in [0.1, 0.15) is 19.4 Å². The van der Waals surface area contributed by atoms with Gasteiger partial charge in [0.05, 0.1) is 0 Å². The highest BCUT2D eigenvalue weighted by atomic mass is 35.5. The van der Waals surface area contributed by atoms with E-state index in [4.69, 9.17) is 26.2 Å². The minimum Gasteiger partial charge on any atom is -0.489 e. The largest absolute Gasteiger partial charge is 0.489 e. The Morgan fingerprint density at radius 1 is 1.07 bits per heavy atom. The topological polar surface area (TPSA) is 55.8 Å². The summed E-state index contributed by atoms with van der Waals surface area (Å²) in [4.78, 5) is 11.7. The highest BCUT2D eigenvalue weighted by Gasteiger charge is 2.07. The fourth-order valence-corrected chi connectivity index (χ4v) is 3.48. The molecule has 0 bridgehead atoms. The predicted molar refractivity (Wildman–Crippen MR) is 110 cm³/mol. The molecular weight excluding hydrogens is 384 g/mol. The summed E-state index contributed by atoms with van der Waals surface area (Å²) in [6, 6.07) is 13.1. The predicted octanol–water partition coefficient (Wildman–Crippen LogP) is 5.62. The number of benzene rings is 2. The van der Waals surface area contributed by atoms with Crippen molar-refractivity contribution < 1.29 is 19.4 Å². The summed E-state index contributed by atoms with van der Waals surface area (Å²) in [5.41, 5.74) is 3.37. The second-order valence-electron chi connectivity index (χ2n) is 6.24. The molecule has 6 heteroatoms. The number of carboxylic acid groups (broad SMARTS) is 1. The Morgan fingerprint density at radius 2 is 1.78 bits per heavy atom. The third-order valence-corrected chi connectivity index (χ3v) is 5.18. The molecule has 0 radical (unpaired) electrons. The zero-order valence-electron chi connectivity index (χ0n) is 15.6. The average molecular weight is 407 g/mol. The molecule has 0 saturated heterocycles. The molecule has 0 fully saturated rings. The van der Waals surface area contributed by atoms with E-state index in [1.807, 2.05) is 49.4 Å². The van der Waals surface area contributed by atoms with Gasteiger partial charge in [-0.15, -0.1) is 11.8 Å². The van der Waals surface area contributed by atoms with Crippen LogP contribution in [0.15, 0.2) is 58.5 Å². The number of hydrogen-bond acceptors (Lipinski definition) is 4. The number of carbonyl (C=O) groups is 1. The molecular formula is C21H23ClO4S. The number of thioether (sulfide) groups is 1. The van der Waals surface area contributed by atoms with Crippen molar-refractivity contribution in [3.63, 3.8) is 0 Å². The summed E-state index contributed by atoms with van der Waals surface area (Å²) in [5, 5.41) is 9.40. The SMILES string of the molecule is CC(C)=C(COc1ccc(Cl)cc1)CSc1ccc(OCC(=O)O)c(C)c1. The van der Waals surface area contributed by atoms with Gasteiger partial charge in [-0.1, -0.05) is 17.2 Å².